The standard InChI is InChI=1S/C17H24N2O3/c1-10-7-11(2)16(13(4)20)12(3)14(10)8-19-5-6-22-15(9-19)17(18)21/h7,15H,5-6,8-9H2,1-4H3,(H2,18,21). The number of Topliss-reactive ketones (excluding diaryl/α,β-unsaturated/α-hetero) is 1. The fraction of sp³-hybridized carbons (Fsp3) is 0.529. The van der Waals surface area contributed by atoms with Crippen LogP contribution in [0.2, 0.25) is 0 Å². The van der Waals surface area contributed by atoms with Gasteiger partial charge in [-0.3, -0.25) is 14.5 Å². The van der Waals surface area contributed by atoms with E-state index in [-0.39, 0.29) is 5.78 Å². The molecule has 1 saturated heterocycles. The molecule has 0 saturated carbocycles. The highest BCUT2D eigenvalue weighted by molar-refractivity contribution is 5.97. The van der Waals surface area contributed by atoms with Gasteiger partial charge in [0.25, 0.3) is 0 Å². The van der Waals surface area contributed by atoms with E-state index in [1.165, 1.54) is 5.56 Å². The summed E-state index contributed by atoms with van der Waals surface area (Å²) in [7, 11) is 0. The van der Waals surface area contributed by atoms with Gasteiger partial charge in [0.05, 0.1) is 6.61 Å². The molecule has 5 heteroatoms. The van der Waals surface area contributed by atoms with Gasteiger partial charge in [-0.15, -0.1) is 0 Å². The van der Waals surface area contributed by atoms with Gasteiger partial charge >= 0.3 is 0 Å². The number of benzene rings is 1. The van der Waals surface area contributed by atoms with E-state index in [1.54, 1.807) is 6.92 Å². The molecule has 1 atom stereocenters. The zero-order valence-corrected chi connectivity index (χ0v) is 13.7. The van der Waals surface area contributed by atoms with Crippen molar-refractivity contribution in [3.05, 3.63) is 33.9 Å². The van der Waals surface area contributed by atoms with Crippen LogP contribution in [-0.2, 0) is 16.1 Å². The average molecular weight is 304 g/mol. The predicted octanol–water partition coefficient (Wildman–Crippen LogP) is 1.50. The number of primary amides is 1. The zero-order valence-electron chi connectivity index (χ0n) is 13.7. The zero-order chi connectivity index (χ0) is 16.4. The number of aryl methyl sites for hydroxylation is 2. The molecule has 22 heavy (non-hydrogen) atoms. The number of nitrogens with zero attached hydrogens (tertiary/aromatic N) is 1. The lowest BCUT2D eigenvalue weighted by Crippen LogP contribution is -2.48. The SMILES string of the molecule is CC(=O)c1c(C)cc(C)c(CN2CCOC(C(N)=O)C2)c1C. The lowest BCUT2D eigenvalue weighted by molar-refractivity contribution is -0.135. The second-order valence-corrected chi connectivity index (χ2v) is 6.04. The molecular weight excluding hydrogens is 280 g/mol. The van der Waals surface area contributed by atoms with E-state index in [1.807, 2.05) is 13.8 Å². The monoisotopic (exact) mass is 304 g/mol. The van der Waals surface area contributed by atoms with Crippen molar-refractivity contribution in [3.63, 3.8) is 0 Å². The van der Waals surface area contributed by atoms with Gasteiger partial charge in [-0.05, 0) is 49.9 Å². The number of carbonyl (C=O) groups is 2. The Labute approximate surface area is 131 Å². The van der Waals surface area contributed by atoms with Crippen LogP contribution in [0.15, 0.2) is 6.07 Å². The van der Waals surface area contributed by atoms with Crippen molar-refractivity contribution in [3.8, 4) is 0 Å². The van der Waals surface area contributed by atoms with Crippen LogP contribution in [0, 0.1) is 20.8 Å². The number of amides is 1. The minimum absolute atomic E-state index is 0.0910. The first-order chi connectivity index (χ1) is 10.3. The highest BCUT2D eigenvalue weighted by Crippen LogP contribution is 2.24. The lowest BCUT2D eigenvalue weighted by Gasteiger charge is -2.32. The Hall–Kier alpha value is -1.72. The molecule has 1 amide bonds. The van der Waals surface area contributed by atoms with Crippen molar-refractivity contribution >= 4 is 11.7 Å². The Morgan fingerprint density at radius 2 is 2.00 bits per heavy atom. The highest BCUT2D eigenvalue weighted by Gasteiger charge is 2.26. The van der Waals surface area contributed by atoms with Crippen LogP contribution in [0.25, 0.3) is 0 Å². The van der Waals surface area contributed by atoms with Gasteiger partial charge in [0.15, 0.2) is 5.78 Å². The number of ketones is 1. The highest BCUT2D eigenvalue weighted by atomic mass is 16.5. The molecule has 1 fully saturated rings. The van der Waals surface area contributed by atoms with Gasteiger partial charge in [0, 0.05) is 25.2 Å². The van der Waals surface area contributed by atoms with Crippen molar-refractivity contribution < 1.29 is 14.3 Å². The van der Waals surface area contributed by atoms with Crippen LogP contribution in [0.5, 0.6) is 0 Å². The van der Waals surface area contributed by atoms with Gasteiger partial charge in [-0.1, -0.05) is 6.07 Å². The Kier molecular flexibility index (Phi) is 4.98. The number of ether oxygens (including phenoxy) is 1. The van der Waals surface area contributed by atoms with E-state index in [2.05, 4.69) is 17.9 Å². The molecule has 1 aromatic carbocycles. The minimum Gasteiger partial charge on any atom is -0.367 e. The Balaban J connectivity index is 2.28. The van der Waals surface area contributed by atoms with Crippen molar-refractivity contribution in [2.75, 3.05) is 19.7 Å². The predicted molar refractivity (Wildman–Crippen MR) is 84.9 cm³/mol. The maximum absolute atomic E-state index is 11.9. The second-order valence-electron chi connectivity index (χ2n) is 6.04. The van der Waals surface area contributed by atoms with Gasteiger partial charge < -0.3 is 10.5 Å². The third kappa shape index (κ3) is 3.36. The van der Waals surface area contributed by atoms with E-state index in [9.17, 15) is 9.59 Å². The normalized spacial score (nSPS) is 19.2. The Morgan fingerprint density at radius 1 is 1.32 bits per heavy atom. The molecule has 1 aromatic rings. The number of nitrogens with two attached hydrogens (primary N) is 1. The van der Waals surface area contributed by atoms with E-state index in [0.29, 0.717) is 19.7 Å². The molecule has 0 bridgehead atoms. The summed E-state index contributed by atoms with van der Waals surface area (Å²) in [6.45, 7) is 10.1. The molecule has 5 nitrogen and oxygen atoms in total. The maximum atomic E-state index is 11.9. The molecule has 0 aliphatic carbocycles. The van der Waals surface area contributed by atoms with E-state index >= 15 is 0 Å². The summed E-state index contributed by atoms with van der Waals surface area (Å²) in [6, 6.07) is 2.06. The molecular formula is C17H24N2O3. The van der Waals surface area contributed by atoms with E-state index in [4.69, 9.17) is 10.5 Å². The lowest BCUT2D eigenvalue weighted by atomic mass is 9.91. The molecule has 1 aliphatic heterocycles. The van der Waals surface area contributed by atoms with Gasteiger partial charge in [0.2, 0.25) is 5.91 Å². The fourth-order valence-electron chi connectivity index (χ4n) is 3.25. The molecule has 1 aliphatic rings. The molecule has 1 unspecified atom stereocenters. The summed E-state index contributed by atoms with van der Waals surface area (Å²) in [6.07, 6.45) is -0.549. The smallest absolute Gasteiger partial charge is 0.247 e. The van der Waals surface area contributed by atoms with Crippen molar-refractivity contribution in [2.45, 2.75) is 40.3 Å². The third-order valence-electron chi connectivity index (χ3n) is 4.33. The molecule has 0 spiro atoms. The van der Waals surface area contributed by atoms with E-state index < -0.39 is 12.0 Å². The van der Waals surface area contributed by atoms with Crippen LogP contribution < -0.4 is 5.73 Å². The van der Waals surface area contributed by atoms with Crippen molar-refractivity contribution in [2.24, 2.45) is 5.73 Å². The minimum atomic E-state index is -0.549. The molecule has 2 rings (SSSR count). The fourth-order valence-corrected chi connectivity index (χ4v) is 3.25. The first kappa shape index (κ1) is 16.6. The second kappa shape index (κ2) is 6.58. The summed E-state index contributed by atoms with van der Waals surface area (Å²) in [4.78, 5) is 25.3. The summed E-state index contributed by atoms with van der Waals surface area (Å²) in [5.41, 5.74) is 10.5. The Bertz CT molecular complexity index is 610. The van der Waals surface area contributed by atoms with Crippen LogP contribution in [0.1, 0.15) is 39.5 Å². The van der Waals surface area contributed by atoms with Gasteiger partial charge in [0.1, 0.15) is 6.10 Å². The number of hydrogen-bond acceptors (Lipinski definition) is 4. The molecule has 2 N–H and O–H groups in total. The van der Waals surface area contributed by atoms with Crippen molar-refractivity contribution in [1.82, 2.24) is 4.90 Å². The molecule has 0 aromatic heterocycles. The Morgan fingerprint density at radius 3 is 2.59 bits per heavy atom. The number of morpholine rings is 1. The number of rotatable bonds is 4. The largest absolute Gasteiger partial charge is 0.367 e. The van der Waals surface area contributed by atoms with Crippen LogP contribution in [0.4, 0.5) is 0 Å². The van der Waals surface area contributed by atoms with E-state index in [0.717, 1.165) is 28.8 Å². The molecule has 1 heterocycles. The summed E-state index contributed by atoms with van der Waals surface area (Å²) in [5, 5.41) is 0. The summed E-state index contributed by atoms with van der Waals surface area (Å²) in [5.74, 6) is -0.334. The molecule has 0 radical (unpaired) electrons. The first-order valence-corrected chi connectivity index (χ1v) is 7.55. The number of hydrogen-bond donors (Lipinski definition) is 1. The average Bonchev–Trinajstić information content (AvgIpc) is 2.43. The summed E-state index contributed by atoms with van der Waals surface area (Å²) < 4.78 is 5.38. The van der Waals surface area contributed by atoms with Crippen LogP contribution in [-0.4, -0.2) is 42.4 Å². The van der Waals surface area contributed by atoms with Gasteiger partial charge in [-0.25, -0.2) is 0 Å². The topological polar surface area (TPSA) is 72.6 Å². The summed E-state index contributed by atoms with van der Waals surface area (Å²) >= 11 is 0. The first-order valence-electron chi connectivity index (χ1n) is 7.55. The molecule has 120 valence electrons. The maximum Gasteiger partial charge on any atom is 0.247 e. The number of carbonyl (C=O) groups excluding carboxylic acids is 2. The van der Waals surface area contributed by atoms with Crippen LogP contribution >= 0.6 is 0 Å². The third-order valence-corrected chi connectivity index (χ3v) is 4.33. The quantitative estimate of drug-likeness (QED) is 0.856. The van der Waals surface area contributed by atoms with Gasteiger partial charge in [-0.2, -0.15) is 0 Å². The van der Waals surface area contributed by atoms with Crippen molar-refractivity contribution in [1.29, 1.82) is 0 Å². The van der Waals surface area contributed by atoms with Crippen LogP contribution in [0.3, 0.4) is 0 Å².